The van der Waals surface area contributed by atoms with Crippen molar-refractivity contribution < 1.29 is 12.8 Å². The fourth-order valence-corrected chi connectivity index (χ4v) is 4.06. The molecule has 6 nitrogen and oxygen atoms in total. The van der Waals surface area contributed by atoms with Crippen molar-refractivity contribution in [2.75, 3.05) is 5.32 Å². The van der Waals surface area contributed by atoms with Crippen molar-refractivity contribution in [2.45, 2.75) is 18.4 Å². The molecule has 0 bridgehead atoms. The highest BCUT2D eigenvalue weighted by molar-refractivity contribution is 7.90. The number of sulfonamides is 1. The first-order valence-electron chi connectivity index (χ1n) is 8.12. The number of fused-ring (bicyclic) bond motifs is 1. The molecular formula is C19H17N3O3S. The highest BCUT2D eigenvalue weighted by atomic mass is 32.2. The van der Waals surface area contributed by atoms with Crippen molar-refractivity contribution in [2.24, 2.45) is 4.40 Å². The highest BCUT2D eigenvalue weighted by Crippen LogP contribution is 2.37. The summed E-state index contributed by atoms with van der Waals surface area (Å²) in [5, 5.41) is 6.11. The summed E-state index contributed by atoms with van der Waals surface area (Å²) < 4.78 is 34.3. The zero-order valence-electron chi connectivity index (χ0n) is 14.1. The van der Waals surface area contributed by atoms with Gasteiger partial charge in [-0.3, -0.25) is 0 Å². The van der Waals surface area contributed by atoms with Gasteiger partial charge in [-0.2, -0.15) is 8.42 Å². The minimum Gasteiger partial charge on any atom is -0.467 e. The smallest absolute Gasteiger partial charge is 0.287 e. The Labute approximate surface area is 151 Å². The van der Waals surface area contributed by atoms with Gasteiger partial charge < -0.3 is 15.1 Å². The Kier molecular flexibility index (Phi) is 4.00. The van der Waals surface area contributed by atoms with Gasteiger partial charge >= 0.3 is 0 Å². The van der Waals surface area contributed by atoms with Crippen LogP contribution in [0.2, 0.25) is 0 Å². The Hall–Kier alpha value is -3.06. The maximum atomic E-state index is 12.6. The molecule has 1 aromatic heterocycles. The lowest BCUT2D eigenvalue weighted by molar-refractivity contribution is 0.503. The fraction of sp³-hybridized carbons (Fsp3) is 0.105. The van der Waals surface area contributed by atoms with Crippen LogP contribution in [-0.2, 0) is 16.6 Å². The third kappa shape index (κ3) is 2.97. The van der Waals surface area contributed by atoms with E-state index >= 15 is 0 Å². The molecular weight excluding hydrogens is 350 g/mol. The number of guanidine groups is 1. The minimum atomic E-state index is -3.79. The Morgan fingerprint density at radius 3 is 2.62 bits per heavy atom. The third-order valence-electron chi connectivity index (χ3n) is 4.20. The first-order chi connectivity index (χ1) is 12.5. The van der Waals surface area contributed by atoms with E-state index in [-0.39, 0.29) is 10.9 Å². The molecule has 1 aliphatic heterocycles. The summed E-state index contributed by atoms with van der Waals surface area (Å²) in [4.78, 5) is 0.168. The van der Waals surface area contributed by atoms with Crippen LogP contribution in [0.5, 0.6) is 0 Å². The second kappa shape index (κ2) is 6.34. The molecule has 132 valence electrons. The van der Waals surface area contributed by atoms with Gasteiger partial charge in [-0.25, -0.2) is 0 Å². The van der Waals surface area contributed by atoms with Crippen LogP contribution < -0.4 is 10.6 Å². The third-order valence-corrected chi connectivity index (χ3v) is 5.52. The van der Waals surface area contributed by atoms with E-state index in [2.05, 4.69) is 15.0 Å². The quantitative estimate of drug-likeness (QED) is 0.740. The number of rotatable bonds is 3. The lowest BCUT2D eigenvalue weighted by Crippen LogP contribution is -2.34. The zero-order valence-corrected chi connectivity index (χ0v) is 14.9. The summed E-state index contributed by atoms with van der Waals surface area (Å²) in [5.74, 6) is 0.861. The Morgan fingerprint density at radius 2 is 1.85 bits per heavy atom. The van der Waals surface area contributed by atoms with Crippen LogP contribution in [-0.4, -0.2) is 14.4 Å². The molecule has 1 aliphatic rings. The van der Waals surface area contributed by atoms with Crippen LogP contribution in [0.25, 0.3) is 11.1 Å². The largest absolute Gasteiger partial charge is 0.467 e. The second-order valence-electron chi connectivity index (χ2n) is 5.97. The summed E-state index contributed by atoms with van der Waals surface area (Å²) in [6, 6.07) is 16.6. The Morgan fingerprint density at radius 1 is 1.04 bits per heavy atom. The molecule has 3 aromatic rings. The van der Waals surface area contributed by atoms with Crippen LogP contribution in [0.4, 0.5) is 5.69 Å². The van der Waals surface area contributed by atoms with Crippen molar-refractivity contribution >= 4 is 21.7 Å². The van der Waals surface area contributed by atoms with Crippen molar-refractivity contribution in [3.8, 4) is 11.1 Å². The van der Waals surface area contributed by atoms with Crippen molar-refractivity contribution in [3.05, 3.63) is 72.2 Å². The lowest BCUT2D eigenvalue weighted by atomic mass is 9.99. The fourth-order valence-electron chi connectivity index (χ4n) is 2.95. The summed E-state index contributed by atoms with van der Waals surface area (Å²) in [5.41, 5.74) is 3.38. The van der Waals surface area contributed by atoms with Crippen LogP contribution in [0.1, 0.15) is 11.3 Å². The van der Waals surface area contributed by atoms with Gasteiger partial charge in [0.25, 0.3) is 10.0 Å². The first kappa shape index (κ1) is 16.4. The first-order valence-corrected chi connectivity index (χ1v) is 9.56. The number of hydrogen-bond acceptors (Lipinski definition) is 5. The molecule has 0 saturated carbocycles. The van der Waals surface area contributed by atoms with Gasteiger partial charge in [0.15, 0.2) is 0 Å². The lowest BCUT2D eigenvalue weighted by Gasteiger charge is -2.22. The topological polar surface area (TPSA) is 83.7 Å². The van der Waals surface area contributed by atoms with Gasteiger partial charge in [-0.05, 0) is 36.2 Å². The maximum Gasteiger partial charge on any atom is 0.287 e. The molecule has 0 fully saturated rings. The number of aryl methyl sites for hydroxylation is 1. The van der Waals surface area contributed by atoms with Crippen molar-refractivity contribution in [1.29, 1.82) is 0 Å². The molecule has 4 rings (SSSR count). The molecule has 2 aromatic carbocycles. The molecule has 0 amide bonds. The van der Waals surface area contributed by atoms with Gasteiger partial charge in [-0.15, -0.1) is 4.40 Å². The van der Waals surface area contributed by atoms with Crippen LogP contribution >= 0.6 is 0 Å². The normalized spacial score (nSPS) is 14.9. The molecule has 0 atom stereocenters. The molecule has 0 spiro atoms. The van der Waals surface area contributed by atoms with E-state index in [9.17, 15) is 8.42 Å². The predicted molar refractivity (Wildman–Crippen MR) is 100 cm³/mol. The van der Waals surface area contributed by atoms with E-state index < -0.39 is 10.0 Å². The number of nitrogens with one attached hydrogen (secondary N) is 2. The number of anilines is 1. The summed E-state index contributed by atoms with van der Waals surface area (Å²) >= 11 is 0. The van der Waals surface area contributed by atoms with Gasteiger partial charge in [0, 0.05) is 5.56 Å². The van der Waals surface area contributed by atoms with E-state index in [0.29, 0.717) is 18.0 Å². The summed E-state index contributed by atoms with van der Waals surface area (Å²) in [7, 11) is -3.79. The van der Waals surface area contributed by atoms with E-state index in [1.807, 2.05) is 37.3 Å². The molecule has 7 heteroatoms. The van der Waals surface area contributed by atoms with Crippen molar-refractivity contribution in [1.82, 2.24) is 5.32 Å². The maximum absolute atomic E-state index is 12.6. The number of furan rings is 1. The zero-order chi connectivity index (χ0) is 18.1. The second-order valence-corrected chi connectivity index (χ2v) is 7.54. The Bertz CT molecular complexity index is 1090. The van der Waals surface area contributed by atoms with E-state index in [0.717, 1.165) is 16.7 Å². The van der Waals surface area contributed by atoms with Gasteiger partial charge in [0.1, 0.15) is 10.7 Å². The molecule has 0 aliphatic carbocycles. The SMILES string of the molecule is Cc1ccccc1-c1cccc2c1NC(NCc1ccco1)=NS2(=O)=O. The van der Waals surface area contributed by atoms with Gasteiger partial charge in [0.2, 0.25) is 5.96 Å². The minimum absolute atomic E-state index is 0.168. The van der Waals surface area contributed by atoms with Gasteiger partial charge in [-0.1, -0.05) is 36.4 Å². The molecule has 0 radical (unpaired) electrons. The average Bonchev–Trinajstić information content (AvgIpc) is 3.13. The van der Waals surface area contributed by atoms with E-state index in [4.69, 9.17) is 4.42 Å². The van der Waals surface area contributed by atoms with Crippen molar-refractivity contribution in [3.63, 3.8) is 0 Å². The molecule has 2 N–H and O–H groups in total. The van der Waals surface area contributed by atoms with E-state index in [1.54, 1.807) is 30.5 Å². The van der Waals surface area contributed by atoms with Crippen LogP contribution in [0.3, 0.4) is 0 Å². The average molecular weight is 367 g/mol. The molecule has 2 heterocycles. The molecule has 0 saturated heterocycles. The summed E-state index contributed by atoms with van der Waals surface area (Å²) in [6.45, 7) is 2.33. The number of benzene rings is 2. The molecule has 0 unspecified atom stereocenters. The summed E-state index contributed by atoms with van der Waals surface area (Å²) in [6.07, 6.45) is 1.56. The van der Waals surface area contributed by atoms with E-state index in [1.165, 1.54) is 0 Å². The monoisotopic (exact) mass is 367 g/mol. The molecule has 26 heavy (non-hydrogen) atoms. The standard InChI is InChI=1S/C19H17N3O3S/c1-13-6-2-3-8-15(13)16-9-4-10-17-18(16)21-19(22-26(17,23)24)20-12-14-7-5-11-25-14/h2-11H,12H2,1H3,(H2,20,21,22). The number of hydrogen-bond donors (Lipinski definition) is 2. The number of nitrogens with zero attached hydrogens (tertiary/aromatic N) is 1. The number of para-hydroxylation sites is 1. The van der Waals surface area contributed by atoms with Crippen LogP contribution in [0, 0.1) is 6.92 Å². The highest BCUT2D eigenvalue weighted by Gasteiger charge is 2.27. The predicted octanol–water partition coefficient (Wildman–Crippen LogP) is 3.52. The van der Waals surface area contributed by atoms with Gasteiger partial charge in [0.05, 0.1) is 18.5 Å². The Balaban J connectivity index is 1.74. The van der Waals surface area contributed by atoms with Crippen LogP contribution in [0.15, 0.2) is 74.6 Å².